The van der Waals surface area contributed by atoms with Crippen molar-refractivity contribution in [2.45, 2.75) is 25.9 Å². The summed E-state index contributed by atoms with van der Waals surface area (Å²) in [4.78, 5) is 27.7. The van der Waals surface area contributed by atoms with E-state index in [1.165, 1.54) is 23.1 Å². The topological polar surface area (TPSA) is 49.4 Å². The van der Waals surface area contributed by atoms with Gasteiger partial charge in [0.05, 0.1) is 0 Å². The summed E-state index contributed by atoms with van der Waals surface area (Å²) in [5.74, 6) is -1.00. The molecule has 30 heavy (non-hydrogen) atoms. The third-order valence-corrected chi connectivity index (χ3v) is 5.35. The lowest BCUT2D eigenvalue weighted by Crippen LogP contribution is -2.39. The average Bonchev–Trinajstić information content (AvgIpc) is 3.04. The van der Waals surface area contributed by atoms with Crippen LogP contribution in [0.1, 0.15) is 40.9 Å². The number of nitrogens with one attached hydrogen (secondary N) is 1. The summed E-state index contributed by atoms with van der Waals surface area (Å²) in [6.07, 6.45) is 0.777. The van der Waals surface area contributed by atoms with E-state index in [1.54, 1.807) is 0 Å². The summed E-state index contributed by atoms with van der Waals surface area (Å²) in [5, 5.41) is 2.86. The van der Waals surface area contributed by atoms with Crippen molar-refractivity contribution in [3.63, 3.8) is 0 Å². The van der Waals surface area contributed by atoms with Crippen molar-refractivity contribution < 1.29 is 14.0 Å². The van der Waals surface area contributed by atoms with Gasteiger partial charge in [-0.25, -0.2) is 4.39 Å². The third-order valence-electron chi connectivity index (χ3n) is 5.35. The van der Waals surface area contributed by atoms with E-state index in [0.29, 0.717) is 17.7 Å². The number of fused-ring (bicyclic) bond motifs is 1. The smallest absolute Gasteiger partial charge is 0.255 e. The van der Waals surface area contributed by atoms with Crippen LogP contribution in [0.3, 0.4) is 0 Å². The Balaban J connectivity index is 1.73. The van der Waals surface area contributed by atoms with Crippen LogP contribution in [-0.4, -0.2) is 23.3 Å². The molecule has 1 heterocycles. The molecule has 2 amide bonds. The molecule has 0 saturated carbocycles. The van der Waals surface area contributed by atoms with Crippen LogP contribution in [0.25, 0.3) is 11.1 Å². The second kappa shape index (κ2) is 8.49. The Hall–Kier alpha value is -3.47. The van der Waals surface area contributed by atoms with Crippen molar-refractivity contribution >= 4 is 11.8 Å². The highest BCUT2D eigenvalue weighted by atomic mass is 19.1. The quantitative estimate of drug-likeness (QED) is 0.649. The van der Waals surface area contributed by atoms with Crippen LogP contribution >= 0.6 is 0 Å². The second-order valence-corrected chi connectivity index (χ2v) is 7.38. The number of hydrogen-bond donors (Lipinski definition) is 1. The Kier molecular flexibility index (Phi) is 5.61. The Morgan fingerprint density at radius 2 is 1.73 bits per heavy atom. The van der Waals surface area contributed by atoms with E-state index in [2.05, 4.69) is 5.32 Å². The molecule has 3 aromatic carbocycles. The first-order chi connectivity index (χ1) is 14.6. The molecule has 152 valence electrons. The van der Waals surface area contributed by atoms with Gasteiger partial charge in [0.15, 0.2) is 0 Å². The van der Waals surface area contributed by atoms with E-state index in [4.69, 9.17) is 0 Å². The highest BCUT2D eigenvalue weighted by Gasteiger charge is 2.41. The Labute approximate surface area is 175 Å². The maximum atomic E-state index is 14.0. The summed E-state index contributed by atoms with van der Waals surface area (Å²) in [7, 11) is 0. The van der Waals surface area contributed by atoms with Gasteiger partial charge in [-0.15, -0.1) is 0 Å². The number of carbonyl (C=O) groups excluding carboxylic acids is 2. The van der Waals surface area contributed by atoms with Crippen LogP contribution in [0.15, 0.2) is 72.8 Å². The van der Waals surface area contributed by atoms with Crippen LogP contribution in [0.2, 0.25) is 0 Å². The van der Waals surface area contributed by atoms with Gasteiger partial charge in [0, 0.05) is 18.7 Å². The zero-order valence-corrected chi connectivity index (χ0v) is 16.8. The molecule has 5 heteroatoms. The van der Waals surface area contributed by atoms with Crippen molar-refractivity contribution in [3.8, 4) is 11.1 Å². The van der Waals surface area contributed by atoms with Gasteiger partial charge in [-0.3, -0.25) is 9.59 Å². The lowest BCUT2D eigenvalue weighted by Gasteiger charge is -2.26. The number of benzene rings is 3. The van der Waals surface area contributed by atoms with Crippen molar-refractivity contribution in [2.24, 2.45) is 0 Å². The Morgan fingerprint density at radius 3 is 2.50 bits per heavy atom. The molecular weight excluding hydrogens is 379 g/mol. The molecule has 0 bridgehead atoms. The van der Waals surface area contributed by atoms with E-state index in [9.17, 15) is 14.0 Å². The van der Waals surface area contributed by atoms with Gasteiger partial charge in [0.1, 0.15) is 11.9 Å². The number of halogens is 1. The van der Waals surface area contributed by atoms with Crippen molar-refractivity contribution in [2.75, 3.05) is 6.54 Å². The normalized spacial score (nSPS) is 15.2. The molecule has 1 N–H and O–H groups in total. The fourth-order valence-electron chi connectivity index (χ4n) is 3.93. The van der Waals surface area contributed by atoms with Gasteiger partial charge in [-0.2, -0.15) is 0 Å². The number of carbonyl (C=O) groups is 2. The zero-order chi connectivity index (χ0) is 21.1. The molecule has 0 saturated heterocycles. The second-order valence-electron chi connectivity index (χ2n) is 7.38. The molecular formula is C25H23FN2O2. The first kappa shape index (κ1) is 19.8. The van der Waals surface area contributed by atoms with Gasteiger partial charge in [-0.05, 0) is 46.9 Å². The standard InChI is InChI=1S/C25H23FN2O2/c1-2-14-27-24(29)23-22-15-19(26)12-13-21(22)25(30)28(23)16-18-10-6-7-11-20(18)17-8-4-3-5-9-17/h3-13,15,23H,2,14,16H2,1H3,(H,27,29). The van der Waals surface area contributed by atoms with Crippen molar-refractivity contribution in [1.82, 2.24) is 10.2 Å². The number of amides is 2. The molecule has 0 radical (unpaired) electrons. The third kappa shape index (κ3) is 3.71. The van der Waals surface area contributed by atoms with E-state index in [-0.39, 0.29) is 18.4 Å². The zero-order valence-electron chi connectivity index (χ0n) is 16.8. The van der Waals surface area contributed by atoms with E-state index >= 15 is 0 Å². The van der Waals surface area contributed by atoms with Crippen molar-refractivity contribution in [1.29, 1.82) is 0 Å². The predicted molar refractivity (Wildman–Crippen MR) is 114 cm³/mol. The molecule has 3 aromatic rings. The molecule has 4 nitrogen and oxygen atoms in total. The lowest BCUT2D eigenvalue weighted by molar-refractivity contribution is -0.125. The molecule has 0 aromatic heterocycles. The number of nitrogens with zero attached hydrogens (tertiary/aromatic N) is 1. The van der Waals surface area contributed by atoms with Crippen LogP contribution in [-0.2, 0) is 11.3 Å². The number of hydrogen-bond acceptors (Lipinski definition) is 2. The summed E-state index contributed by atoms with van der Waals surface area (Å²) < 4.78 is 14.0. The minimum absolute atomic E-state index is 0.254. The van der Waals surface area contributed by atoms with Gasteiger partial charge in [0.2, 0.25) is 5.91 Å². The van der Waals surface area contributed by atoms with Crippen LogP contribution in [0.5, 0.6) is 0 Å². The van der Waals surface area contributed by atoms with Crippen molar-refractivity contribution in [3.05, 3.63) is 95.3 Å². The van der Waals surface area contributed by atoms with Gasteiger partial charge in [0.25, 0.3) is 5.91 Å². The van der Waals surface area contributed by atoms with Gasteiger partial charge in [-0.1, -0.05) is 61.5 Å². The molecule has 0 fully saturated rings. The molecule has 1 atom stereocenters. The van der Waals surface area contributed by atoms with Gasteiger partial charge >= 0.3 is 0 Å². The first-order valence-corrected chi connectivity index (χ1v) is 10.1. The van der Waals surface area contributed by atoms with E-state index < -0.39 is 11.9 Å². The average molecular weight is 402 g/mol. The molecule has 1 unspecified atom stereocenters. The highest BCUT2D eigenvalue weighted by Crippen LogP contribution is 2.37. The maximum absolute atomic E-state index is 14.0. The monoisotopic (exact) mass is 402 g/mol. The van der Waals surface area contributed by atoms with E-state index in [1.807, 2.05) is 61.5 Å². The summed E-state index contributed by atoms with van der Waals surface area (Å²) in [6.45, 7) is 2.72. The molecule has 1 aliphatic rings. The maximum Gasteiger partial charge on any atom is 0.255 e. The van der Waals surface area contributed by atoms with Gasteiger partial charge < -0.3 is 10.2 Å². The lowest BCUT2D eigenvalue weighted by atomic mass is 9.99. The minimum Gasteiger partial charge on any atom is -0.354 e. The van der Waals surface area contributed by atoms with Crippen LogP contribution in [0.4, 0.5) is 4.39 Å². The SMILES string of the molecule is CCCNC(=O)C1c2cc(F)ccc2C(=O)N1Cc1ccccc1-c1ccccc1. The Morgan fingerprint density at radius 1 is 1.00 bits per heavy atom. The first-order valence-electron chi connectivity index (χ1n) is 10.1. The fraction of sp³-hybridized carbons (Fsp3) is 0.200. The minimum atomic E-state index is -0.849. The molecule has 0 spiro atoms. The summed E-state index contributed by atoms with van der Waals surface area (Å²) in [6, 6.07) is 20.9. The summed E-state index contributed by atoms with van der Waals surface area (Å²) in [5.41, 5.74) is 3.77. The summed E-state index contributed by atoms with van der Waals surface area (Å²) >= 11 is 0. The fourth-order valence-corrected chi connectivity index (χ4v) is 3.93. The Bertz CT molecular complexity index is 1080. The highest BCUT2D eigenvalue weighted by molar-refractivity contribution is 6.04. The molecule has 1 aliphatic heterocycles. The van der Waals surface area contributed by atoms with E-state index in [0.717, 1.165) is 23.1 Å². The predicted octanol–water partition coefficient (Wildman–Crippen LogP) is 4.72. The van der Waals surface area contributed by atoms with Crippen LogP contribution in [0, 0.1) is 5.82 Å². The number of rotatable bonds is 6. The van der Waals surface area contributed by atoms with Crippen LogP contribution < -0.4 is 5.32 Å². The molecule has 4 rings (SSSR count). The molecule has 0 aliphatic carbocycles. The largest absolute Gasteiger partial charge is 0.354 e.